The van der Waals surface area contributed by atoms with Crippen LogP contribution in [0, 0.1) is 6.92 Å². The average Bonchev–Trinajstić information content (AvgIpc) is 2.77. The summed E-state index contributed by atoms with van der Waals surface area (Å²) in [6.45, 7) is 15.3. The number of hydrogen-bond donors (Lipinski definition) is 1. The summed E-state index contributed by atoms with van der Waals surface area (Å²) in [6.07, 6.45) is 3.57. The Morgan fingerprint density at radius 1 is 1.29 bits per heavy atom. The van der Waals surface area contributed by atoms with Crippen molar-refractivity contribution < 1.29 is 0 Å². The molecule has 0 aromatic carbocycles. The molecule has 2 heterocycles. The van der Waals surface area contributed by atoms with Crippen LogP contribution in [-0.2, 0) is 0 Å². The fraction of sp³-hybridized carbons (Fsp3) is 0.765. The summed E-state index contributed by atoms with van der Waals surface area (Å²) in [5, 5.41) is 3.47. The largest absolute Gasteiger partial charge is 0.370 e. The molecule has 4 nitrogen and oxygen atoms in total. The third-order valence-electron chi connectivity index (χ3n) is 4.35. The zero-order chi connectivity index (χ0) is 15.6. The van der Waals surface area contributed by atoms with E-state index >= 15 is 0 Å². The van der Waals surface area contributed by atoms with Gasteiger partial charge in [-0.15, -0.1) is 0 Å². The maximum atomic E-state index is 4.89. The lowest BCUT2D eigenvalue weighted by molar-refractivity contribution is 0.512. The first-order valence-corrected chi connectivity index (χ1v) is 8.27. The van der Waals surface area contributed by atoms with Crippen molar-refractivity contribution in [3.8, 4) is 0 Å². The monoisotopic (exact) mass is 290 g/mol. The zero-order valence-corrected chi connectivity index (χ0v) is 14.5. The SMILES string of the molecule is CCCNc1nc(C(C)C)nc(N2CCCC2(C)C)c1C. The van der Waals surface area contributed by atoms with E-state index in [-0.39, 0.29) is 5.54 Å². The third-order valence-corrected chi connectivity index (χ3v) is 4.35. The number of nitrogens with one attached hydrogen (secondary N) is 1. The fourth-order valence-electron chi connectivity index (χ4n) is 2.96. The Morgan fingerprint density at radius 3 is 2.52 bits per heavy atom. The number of anilines is 2. The number of aromatic nitrogens is 2. The van der Waals surface area contributed by atoms with Crippen molar-refractivity contribution >= 4 is 11.6 Å². The molecule has 0 unspecified atom stereocenters. The van der Waals surface area contributed by atoms with Crippen molar-refractivity contribution in [2.24, 2.45) is 0 Å². The van der Waals surface area contributed by atoms with Gasteiger partial charge in [-0.05, 0) is 40.0 Å². The molecule has 1 saturated heterocycles. The van der Waals surface area contributed by atoms with Crippen molar-refractivity contribution in [2.75, 3.05) is 23.3 Å². The summed E-state index contributed by atoms with van der Waals surface area (Å²) < 4.78 is 0. The van der Waals surface area contributed by atoms with Gasteiger partial charge in [0.1, 0.15) is 17.5 Å². The number of rotatable bonds is 5. The summed E-state index contributed by atoms with van der Waals surface area (Å²) in [5.41, 5.74) is 1.37. The van der Waals surface area contributed by atoms with Crippen LogP contribution < -0.4 is 10.2 Å². The lowest BCUT2D eigenvalue weighted by Gasteiger charge is -2.34. The predicted octanol–water partition coefficient (Wildman–Crippen LogP) is 4.11. The van der Waals surface area contributed by atoms with Gasteiger partial charge < -0.3 is 10.2 Å². The van der Waals surface area contributed by atoms with Gasteiger partial charge >= 0.3 is 0 Å². The van der Waals surface area contributed by atoms with Crippen molar-refractivity contribution in [3.63, 3.8) is 0 Å². The molecule has 1 aromatic heterocycles. The highest BCUT2D eigenvalue weighted by Crippen LogP contribution is 2.36. The Labute approximate surface area is 129 Å². The van der Waals surface area contributed by atoms with Crippen molar-refractivity contribution in [3.05, 3.63) is 11.4 Å². The van der Waals surface area contributed by atoms with Crippen LogP contribution in [0.5, 0.6) is 0 Å². The van der Waals surface area contributed by atoms with Crippen LogP contribution >= 0.6 is 0 Å². The van der Waals surface area contributed by atoms with Gasteiger partial charge in [0.2, 0.25) is 0 Å². The normalized spacial score (nSPS) is 17.6. The van der Waals surface area contributed by atoms with Gasteiger partial charge in [-0.2, -0.15) is 0 Å². The molecule has 2 rings (SSSR count). The maximum absolute atomic E-state index is 4.89. The highest BCUT2D eigenvalue weighted by Gasteiger charge is 2.34. The molecule has 0 aliphatic carbocycles. The zero-order valence-electron chi connectivity index (χ0n) is 14.5. The van der Waals surface area contributed by atoms with Gasteiger partial charge in [0.05, 0.1) is 0 Å². The quantitative estimate of drug-likeness (QED) is 0.886. The molecule has 0 saturated carbocycles. The van der Waals surface area contributed by atoms with E-state index in [1.165, 1.54) is 18.4 Å². The lowest BCUT2D eigenvalue weighted by atomic mass is 10.0. The van der Waals surface area contributed by atoms with Crippen LogP contribution in [-0.4, -0.2) is 28.6 Å². The highest BCUT2D eigenvalue weighted by molar-refractivity contribution is 5.60. The van der Waals surface area contributed by atoms with Gasteiger partial charge in [0, 0.05) is 30.1 Å². The number of nitrogens with zero attached hydrogens (tertiary/aromatic N) is 3. The van der Waals surface area contributed by atoms with Crippen molar-refractivity contribution in [1.29, 1.82) is 0 Å². The highest BCUT2D eigenvalue weighted by atomic mass is 15.3. The molecule has 0 amide bonds. The fourth-order valence-corrected chi connectivity index (χ4v) is 2.96. The number of hydrogen-bond acceptors (Lipinski definition) is 4. The molecule has 1 aliphatic heterocycles. The molecule has 0 atom stereocenters. The molecule has 0 spiro atoms. The van der Waals surface area contributed by atoms with E-state index in [1.54, 1.807) is 0 Å². The van der Waals surface area contributed by atoms with Crippen LogP contribution in [0.2, 0.25) is 0 Å². The minimum atomic E-state index is 0.190. The molecule has 4 heteroatoms. The lowest BCUT2D eigenvalue weighted by Crippen LogP contribution is -2.39. The van der Waals surface area contributed by atoms with Crippen molar-refractivity contribution in [2.45, 2.75) is 72.3 Å². The molecular formula is C17H30N4. The van der Waals surface area contributed by atoms with Crippen LogP contribution in [0.4, 0.5) is 11.6 Å². The Bertz CT molecular complexity index is 494. The van der Waals surface area contributed by atoms with E-state index in [1.807, 2.05) is 0 Å². The summed E-state index contributed by atoms with van der Waals surface area (Å²) >= 11 is 0. The molecule has 1 N–H and O–H groups in total. The maximum Gasteiger partial charge on any atom is 0.137 e. The Hall–Kier alpha value is -1.32. The second kappa shape index (κ2) is 6.20. The summed E-state index contributed by atoms with van der Waals surface area (Å²) in [6, 6.07) is 0. The Kier molecular flexibility index (Phi) is 4.74. The van der Waals surface area contributed by atoms with Gasteiger partial charge in [0.15, 0.2) is 0 Å². The molecule has 1 fully saturated rings. The second-order valence-corrected chi connectivity index (χ2v) is 7.03. The smallest absolute Gasteiger partial charge is 0.137 e. The summed E-state index contributed by atoms with van der Waals surface area (Å²) in [4.78, 5) is 12.1. The van der Waals surface area contributed by atoms with E-state index in [9.17, 15) is 0 Å². The van der Waals surface area contributed by atoms with E-state index in [4.69, 9.17) is 9.97 Å². The molecule has 1 aromatic rings. The van der Waals surface area contributed by atoms with Gasteiger partial charge in [-0.25, -0.2) is 9.97 Å². The average molecular weight is 290 g/mol. The van der Waals surface area contributed by atoms with E-state index in [0.29, 0.717) is 5.92 Å². The van der Waals surface area contributed by atoms with E-state index in [2.05, 4.69) is 51.8 Å². The van der Waals surface area contributed by atoms with Crippen LogP contribution in [0.15, 0.2) is 0 Å². The molecule has 118 valence electrons. The minimum Gasteiger partial charge on any atom is -0.370 e. The van der Waals surface area contributed by atoms with Crippen LogP contribution in [0.3, 0.4) is 0 Å². The molecule has 21 heavy (non-hydrogen) atoms. The Balaban J connectivity index is 2.45. The minimum absolute atomic E-state index is 0.190. The molecular weight excluding hydrogens is 260 g/mol. The predicted molar refractivity (Wildman–Crippen MR) is 90.3 cm³/mol. The van der Waals surface area contributed by atoms with E-state index < -0.39 is 0 Å². The van der Waals surface area contributed by atoms with Gasteiger partial charge in [-0.3, -0.25) is 0 Å². The first-order chi connectivity index (χ1) is 9.86. The first kappa shape index (κ1) is 16.1. The van der Waals surface area contributed by atoms with Crippen LogP contribution in [0.25, 0.3) is 0 Å². The Morgan fingerprint density at radius 2 is 2.00 bits per heavy atom. The van der Waals surface area contributed by atoms with E-state index in [0.717, 1.165) is 37.0 Å². The molecule has 0 bridgehead atoms. The topological polar surface area (TPSA) is 41.1 Å². The molecule has 0 radical (unpaired) electrons. The van der Waals surface area contributed by atoms with Crippen molar-refractivity contribution in [1.82, 2.24) is 9.97 Å². The van der Waals surface area contributed by atoms with Gasteiger partial charge in [-0.1, -0.05) is 20.8 Å². The summed E-state index contributed by atoms with van der Waals surface area (Å²) in [7, 11) is 0. The van der Waals surface area contributed by atoms with Gasteiger partial charge in [0.25, 0.3) is 0 Å². The van der Waals surface area contributed by atoms with Crippen LogP contribution in [0.1, 0.15) is 71.2 Å². The molecule has 1 aliphatic rings. The third kappa shape index (κ3) is 3.30. The summed E-state index contributed by atoms with van der Waals surface area (Å²) in [5.74, 6) is 3.41. The standard InChI is InChI=1S/C17H30N4/c1-7-10-18-15-13(4)16(20-14(19-15)12(2)3)21-11-8-9-17(21,5)6/h12H,7-11H2,1-6H3,(H,18,19,20). The first-order valence-electron chi connectivity index (χ1n) is 8.27. The second-order valence-electron chi connectivity index (χ2n) is 7.03.